The fraction of sp³-hybridized carbons (Fsp3) is 1.00. The highest BCUT2D eigenvalue weighted by Gasteiger charge is 2.25. The second kappa shape index (κ2) is 6.41. The molecule has 1 N–H and O–H groups in total. The van der Waals surface area contributed by atoms with Crippen LogP contribution in [-0.2, 0) is 4.74 Å². The lowest BCUT2D eigenvalue weighted by Gasteiger charge is -2.33. The maximum Gasteiger partial charge on any atom is 0.0465 e. The second-order valence-corrected chi connectivity index (χ2v) is 4.75. The fourth-order valence-corrected chi connectivity index (χ4v) is 2.50. The van der Waals surface area contributed by atoms with Gasteiger partial charge in [0.05, 0.1) is 0 Å². The minimum Gasteiger partial charge on any atom is -0.385 e. The lowest BCUT2D eigenvalue weighted by Crippen LogP contribution is -2.42. The van der Waals surface area contributed by atoms with Crippen molar-refractivity contribution < 1.29 is 4.74 Å². The lowest BCUT2D eigenvalue weighted by molar-refractivity contribution is 0.139. The van der Waals surface area contributed by atoms with E-state index >= 15 is 0 Å². The fourth-order valence-electron chi connectivity index (χ4n) is 2.50. The third kappa shape index (κ3) is 3.58. The zero-order chi connectivity index (χ0) is 10.4. The van der Waals surface area contributed by atoms with Crippen molar-refractivity contribution in [3.05, 3.63) is 0 Å². The maximum atomic E-state index is 5.19. The van der Waals surface area contributed by atoms with E-state index < -0.39 is 0 Å². The summed E-state index contributed by atoms with van der Waals surface area (Å²) in [5, 5.41) is 3.65. The molecule has 0 saturated carbocycles. The Bertz CT molecular complexity index is 141. The highest BCUT2D eigenvalue weighted by molar-refractivity contribution is 4.81. The van der Waals surface area contributed by atoms with E-state index in [-0.39, 0.29) is 0 Å². The van der Waals surface area contributed by atoms with Gasteiger partial charge in [-0.15, -0.1) is 0 Å². The second-order valence-electron chi connectivity index (χ2n) is 4.75. The zero-order valence-corrected chi connectivity index (χ0v) is 9.88. The van der Waals surface area contributed by atoms with Gasteiger partial charge in [0.2, 0.25) is 0 Å². The number of hydrogen-bond donors (Lipinski definition) is 1. The van der Waals surface area contributed by atoms with Crippen LogP contribution in [0.2, 0.25) is 0 Å². The number of rotatable bonds is 5. The molecule has 2 unspecified atom stereocenters. The first-order valence-electron chi connectivity index (χ1n) is 5.98. The Morgan fingerprint density at radius 2 is 2.14 bits per heavy atom. The van der Waals surface area contributed by atoms with Gasteiger partial charge in [-0.1, -0.05) is 20.3 Å². The van der Waals surface area contributed by atoms with Gasteiger partial charge in [0.1, 0.15) is 0 Å². The summed E-state index contributed by atoms with van der Waals surface area (Å²) in [6.45, 7) is 6.77. The molecule has 1 aliphatic rings. The molecular formula is C12H25NO. The summed E-state index contributed by atoms with van der Waals surface area (Å²) in [6.07, 6.45) is 5.30. The molecule has 0 aromatic rings. The van der Waals surface area contributed by atoms with Crippen molar-refractivity contribution >= 4 is 0 Å². The molecule has 1 saturated heterocycles. The van der Waals surface area contributed by atoms with Crippen LogP contribution in [0.15, 0.2) is 0 Å². The molecule has 0 spiro atoms. The largest absolute Gasteiger partial charge is 0.385 e. The van der Waals surface area contributed by atoms with Crippen LogP contribution >= 0.6 is 0 Å². The lowest BCUT2D eigenvalue weighted by atomic mass is 9.82. The highest BCUT2D eigenvalue weighted by Crippen LogP contribution is 2.24. The van der Waals surface area contributed by atoms with Crippen molar-refractivity contribution in [2.75, 3.05) is 20.3 Å². The zero-order valence-electron chi connectivity index (χ0n) is 9.88. The normalized spacial score (nSPS) is 25.3. The third-order valence-corrected chi connectivity index (χ3v) is 3.38. The molecule has 1 aliphatic heterocycles. The molecule has 14 heavy (non-hydrogen) atoms. The minimum absolute atomic E-state index is 0.735. The monoisotopic (exact) mass is 199 g/mol. The molecule has 0 radical (unpaired) electrons. The van der Waals surface area contributed by atoms with Gasteiger partial charge in [-0.2, -0.15) is 0 Å². The topological polar surface area (TPSA) is 21.3 Å². The molecule has 0 amide bonds. The Kier molecular flexibility index (Phi) is 5.49. The van der Waals surface area contributed by atoms with Crippen LogP contribution in [0.5, 0.6) is 0 Å². The SMILES string of the molecule is COCCC(C(C)C)C1CCCCN1. The van der Waals surface area contributed by atoms with Crippen molar-refractivity contribution in [3.8, 4) is 0 Å². The smallest absolute Gasteiger partial charge is 0.0465 e. The first-order chi connectivity index (χ1) is 6.75. The van der Waals surface area contributed by atoms with E-state index in [9.17, 15) is 0 Å². The number of methoxy groups -OCH3 is 1. The van der Waals surface area contributed by atoms with E-state index in [0.717, 1.165) is 24.5 Å². The Labute approximate surface area is 88.4 Å². The Balaban J connectivity index is 2.39. The van der Waals surface area contributed by atoms with Crippen molar-refractivity contribution in [2.24, 2.45) is 11.8 Å². The maximum absolute atomic E-state index is 5.19. The number of ether oxygens (including phenoxy) is 1. The first-order valence-corrected chi connectivity index (χ1v) is 5.98. The van der Waals surface area contributed by atoms with Gasteiger partial charge in [-0.25, -0.2) is 0 Å². The molecule has 0 aliphatic carbocycles. The molecule has 1 fully saturated rings. The molecule has 0 bridgehead atoms. The van der Waals surface area contributed by atoms with Crippen LogP contribution in [0.3, 0.4) is 0 Å². The molecule has 2 nitrogen and oxygen atoms in total. The number of piperidine rings is 1. The van der Waals surface area contributed by atoms with Gasteiger partial charge in [0, 0.05) is 19.8 Å². The van der Waals surface area contributed by atoms with E-state index in [0.29, 0.717) is 0 Å². The molecule has 0 aromatic heterocycles. The Morgan fingerprint density at radius 3 is 2.64 bits per heavy atom. The van der Waals surface area contributed by atoms with Gasteiger partial charge < -0.3 is 10.1 Å². The summed E-state index contributed by atoms with van der Waals surface area (Å²) in [5.41, 5.74) is 0. The van der Waals surface area contributed by atoms with Crippen LogP contribution in [-0.4, -0.2) is 26.3 Å². The predicted molar refractivity (Wildman–Crippen MR) is 60.5 cm³/mol. The molecule has 1 heterocycles. The molecule has 0 aromatic carbocycles. The summed E-state index contributed by atoms with van der Waals surface area (Å²) >= 11 is 0. The van der Waals surface area contributed by atoms with Crippen molar-refractivity contribution in [3.63, 3.8) is 0 Å². The van der Waals surface area contributed by atoms with Crippen molar-refractivity contribution in [2.45, 2.75) is 45.6 Å². The summed E-state index contributed by atoms with van der Waals surface area (Å²) < 4.78 is 5.19. The highest BCUT2D eigenvalue weighted by atomic mass is 16.5. The van der Waals surface area contributed by atoms with Gasteiger partial charge >= 0.3 is 0 Å². The quantitative estimate of drug-likeness (QED) is 0.734. The minimum atomic E-state index is 0.735. The van der Waals surface area contributed by atoms with Crippen LogP contribution in [0.25, 0.3) is 0 Å². The average molecular weight is 199 g/mol. The number of nitrogens with one attached hydrogen (secondary N) is 1. The van der Waals surface area contributed by atoms with Crippen LogP contribution < -0.4 is 5.32 Å². The summed E-state index contributed by atoms with van der Waals surface area (Å²) in [4.78, 5) is 0. The third-order valence-electron chi connectivity index (χ3n) is 3.38. The molecular weight excluding hydrogens is 174 g/mol. The average Bonchev–Trinajstić information content (AvgIpc) is 2.19. The Hall–Kier alpha value is -0.0800. The molecule has 1 rings (SSSR count). The van der Waals surface area contributed by atoms with Crippen LogP contribution in [0.4, 0.5) is 0 Å². The number of hydrogen-bond acceptors (Lipinski definition) is 2. The van der Waals surface area contributed by atoms with Gasteiger partial charge in [0.15, 0.2) is 0 Å². The van der Waals surface area contributed by atoms with E-state index in [1.54, 1.807) is 7.11 Å². The predicted octanol–water partition coefficient (Wildman–Crippen LogP) is 2.44. The molecule has 84 valence electrons. The van der Waals surface area contributed by atoms with E-state index in [2.05, 4.69) is 19.2 Å². The van der Waals surface area contributed by atoms with Crippen molar-refractivity contribution in [1.82, 2.24) is 5.32 Å². The van der Waals surface area contributed by atoms with E-state index in [1.165, 1.54) is 32.2 Å². The summed E-state index contributed by atoms with van der Waals surface area (Å²) in [7, 11) is 1.80. The molecule has 2 heteroatoms. The van der Waals surface area contributed by atoms with E-state index in [4.69, 9.17) is 4.74 Å². The van der Waals surface area contributed by atoms with Crippen LogP contribution in [0.1, 0.15) is 39.5 Å². The standard InChI is InChI=1S/C12H25NO/c1-10(2)11(7-9-14-3)12-6-4-5-8-13-12/h10-13H,4-9H2,1-3H3. The first kappa shape index (κ1) is 12.0. The summed E-state index contributed by atoms with van der Waals surface area (Å²) in [6, 6.07) is 0.735. The van der Waals surface area contributed by atoms with E-state index in [1.807, 2.05) is 0 Å². The van der Waals surface area contributed by atoms with Crippen LogP contribution in [0, 0.1) is 11.8 Å². The Morgan fingerprint density at radius 1 is 1.36 bits per heavy atom. The van der Waals surface area contributed by atoms with Crippen molar-refractivity contribution in [1.29, 1.82) is 0 Å². The van der Waals surface area contributed by atoms with Gasteiger partial charge in [-0.3, -0.25) is 0 Å². The summed E-state index contributed by atoms with van der Waals surface area (Å²) in [5.74, 6) is 1.55. The van der Waals surface area contributed by atoms with Gasteiger partial charge in [0.25, 0.3) is 0 Å². The van der Waals surface area contributed by atoms with Gasteiger partial charge in [-0.05, 0) is 37.6 Å². The molecule has 2 atom stereocenters.